The number of pyridine rings is 4. The normalized spacial score (nSPS) is 10.8. The Kier molecular flexibility index (Phi) is 41.6. The smallest absolute Gasteiger partial charge is 0.155 e. The summed E-state index contributed by atoms with van der Waals surface area (Å²) in [4.78, 5) is 58.3. The summed E-state index contributed by atoms with van der Waals surface area (Å²) in [6, 6.07) is 80.6. The van der Waals surface area contributed by atoms with Crippen molar-refractivity contribution in [2.45, 2.75) is 118 Å². The van der Waals surface area contributed by atoms with Crippen molar-refractivity contribution >= 4 is 67.0 Å². The van der Waals surface area contributed by atoms with Crippen LogP contribution in [0.2, 0.25) is 0 Å². The molecule has 21 heteroatoms. The zero-order valence-electron chi connectivity index (χ0n) is 72.8. The minimum atomic E-state index is -0.261. The second kappa shape index (κ2) is 50.1. The second-order valence-electron chi connectivity index (χ2n) is 29.5. The van der Waals surface area contributed by atoms with Gasteiger partial charge in [0.15, 0.2) is 23.1 Å². The van der Waals surface area contributed by atoms with Crippen molar-refractivity contribution in [2.24, 2.45) is 0 Å². The Labute approximate surface area is 789 Å². The average molecular weight is 2390 g/mol. The molecule has 0 amide bonds. The molecule has 656 valence electrons. The molecule has 0 fully saturated rings. The molecule has 4 N–H and O–H groups in total. The van der Waals surface area contributed by atoms with Crippen LogP contribution in [0.5, 0.6) is 0 Å². The van der Waals surface area contributed by atoms with E-state index in [-0.39, 0.29) is 132 Å². The Morgan fingerprint density at radius 1 is 0.317 bits per heavy atom. The van der Waals surface area contributed by atoms with Crippen molar-refractivity contribution in [3.8, 4) is 90.3 Å². The largest absolute Gasteiger partial charge is 0.512 e. The van der Waals surface area contributed by atoms with E-state index >= 15 is 0 Å². The van der Waals surface area contributed by atoms with Crippen LogP contribution in [0.25, 0.3) is 134 Å². The van der Waals surface area contributed by atoms with Crippen molar-refractivity contribution in [1.82, 2.24) is 19.9 Å². The molecule has 126 heavy (non-hydrogen) atoms. The maximum atomic E-state index is 13.0. The Morgan fingerprint density at radius 2 is 0.611 bits per heavy atom. The molecular weight excluding hydrogens is 2300 g/mol. The standard InChI is InChI=1S/C23H20NO.C22H18NO.C21H16NO.C19H11FNO.4C5H8O2.4Ir/c1-14-8-15(2)10-18(9-14)20-12-21-19(13-24-20)11-22(25-21)23-16(3)6-5-7-17(23)4;1-14-4-6-17(7-5-14)21-11-19-13-23-20(12-22(19)24-21)18-9-15(2)8-16(3)10-18;1-14-8-15(2)10-17(9-14)19-12-21-18(13-22-19)11-20(23-21)16-6-4-3-5-7-16;20-16-8-6-14(7-9-16)18-10-15-12-21-17(11-19(15)22-18)13-4-2-1-3-5-13;4*1-4(6)3-5(2)7;;;;/h5-9,11-13H,1-4H3;4-9,11-13H,1-3H3;3-9,11-13H,1-2H3;1-4,6-12H;4*3,6H,1-2H3;;;;/q4*-1;;;;;;;;. The zero-order valence-corrected chi connectivity index (χ0v) is 82.4. The Balaban J connectivity index is 0.000000268. The third kappa shape index (κ3) is 32.5. The number of allylic oxidation sites excluding steroid dienone is 8. The number of nitrogens with zero attached hydrogens (tertiary/aromatic N) is 4. The van der Waals surface area contributed by atoms with Crippen LogP contribution in [0.4, 0.5) is 4.39 Å². The summed E-state index contributed by atoms with van der Waals surface area (Å²) in [6.07, 6.45) is 12.1. The van der Waals surface area contributed by atoms with Gasteiger partial charge in [-0.15, -0.1) is 141 Å². The van der Waals surface area contributed by atoms with Gasteiger partial charge in [0.25, 0.3) is 0 Å². The van der Waals surface area contributed by atoms with Crippen molar-refractivity contribution in [2.75, 3.05) is 0 Å². The number of aromatic nitrogens is 4. The summed E-state index contributed by atoms with van der Waals surface area (Å²) in [5.74, 6) is 2.82. The molecular formula is C105H97FIr4N4O12-4. The first kappa shape index (κ1) is 104. The molecule has 16 nitrogen and oxygen atoms in total. The van der Waals surface area contributed by atoms with Gasteiger partial charge in [-0.1, -0.05) is 120 Å². The van der Waals surface area contributed by atoms with Crippen molar-refractivity contribution in [3.05, 3.63) is 359 Å². The van der Waals surface area contributed by atoms with Gasteiger partial charge in [-0.05, 0) is 183 Å². The SMILES string of the molecule is CC(=O)C=C(C)O.CC(=O)C=C(C)O.CC(=O)C=C(C)O.CC(=O)C=C(C)O.Cc1[c-]c(-c2cc3oc(-c4c(C)cccc4C)cc3cn2)cc(C)c1.Cc1[c-]c(-c2cc3oc(-c4ccc(C)cc4)cc3cn2)cc(C)c1.Cc1[c-]c(-c2cc3oc(-c4ccccc4)cc3cn2)cc(C)c1.Fc1ccc(-c2cc3cnc(-c4[c-]cccc4)cc3o2)cc1.[Ir].[Ir].[Ir].[Ir]. The van der Waals surface area contributed by atoms with Crippen molar-refractivity contribution in [3.63, 3.8) is 0 Å². The number of aliphatic hydroxyl groups excluding tert-OH is 4. The van der Waals surface area contributed by atoms with Crippen molar-refractivity contribution in [1.29, 1.82) is 0 Å². The average Bonchev–Trinajstić information content (AvgIpc) is 1.65. The molecule has 8 heterocycles. The first-order chi connectivity index (χ1) is 58.1. The molecule has 4 radical (unpaired) electrons. The third-order valence-corrected chi connectivity index (χ3v) is 17.8. The van der Waals surface area contributed by atoms with E-state index in [1.54, 1.807) is 18.3 Å². The molecule has 8 aromatic heterocycles. The van der Waals surface area contributed by atoms with Crippen LogP contribution in [0, 0.1) is 92.4 Å². The summed E-state index contributed by atoms with van der Waals surface area (Å²) >= 11 is 0. The van der Waals surface area contributed by atoms with E-state index in [1.807, 2.05) is 116 Å². The molecule has 0 spiro atoms. The number of rotatable bonds is 12. The second-order valence-corrected chi connectivity index (χ2v) is 29.5. The molecule has 0 aliphatic carbocycles. The Morgan fingerprint density at radius 3 is 0.905 bits per heavy atom. The van der Waals surface area contributed by atoms with E-state index in [4.69, 9.17) is 38.1 Å². The molecule has 0 bridgehead atoms. The quantitative estimate of drug-likeness (QED) is 0.0504. The van der Waals surface area contributed by atoms with Crippen LogP contribution in [-0.2, 0) is 99.6 Å². The van der Waals surface area contributed by atoms with Gasteiger partial charge in [0.05, 0.1) is 23.0 Å². The van der Waals surface area contributed by atoms with Crippen LogP contribution in [0.15, 0.2) is 296 Å². The minimum Gasteiger partial charge on any atom is -0.512 e. The molecule has 0 atom stereocenters. The summed E-state index contributed by atoms with van der Waals surface area (Å²) in [6.45, 7) is 30.1. The maximum absolute atomic E-state index is 13.0. The number of hydrogen-bond acceptors (Lipinski definition) is 16. The molecule has 0 unspecified atom stereocenters. The molecule has 0 saturated heterocycles. The van der Waals surface area contributed by atoms with Gasteiger partial charge in [-0.3, -0.25) is 19.2 Å². The Hall–Kier alpha value is -12.1. The maximum Gasteiger partial charge on any atom is 0.155 e. The fourth-order valence-electron chi connectivity index (χ4n) is 12.8. The third-order valence-electron chi connectivity index (χ3n) is 17.8. The minimum absolute atomic E-state index is 0. The predicted octanol–water partition coefficient (Wildman–Crippen LogP) is 26.9. The van der Waals surface area contributed by atoms with E-state index in [2.05, 4.69) is 191 Å². The van der Waals surface area contributed by atoms with E-state index in [0.29, 0.717) is 5.76 Å². The number of carbonyl (C=O) groups excluding carboxylic acids is 4. The van der Waals surface area contributed by atoms with Crippen LogP contribution in [0.3, 0.4) is 0 Å². The zero-order chi connectivity index (χ0) is 88.4. The number of hydrogen-bond donors (Lipinski definition) is 4. The van der Waals surface area contributed by atoms with Gasteiger partial charge >= 0.3 is 0 Å². The number of aryl methyl sites for hydroxylation is 9. The number of carbonyl (C=O) groups is 4. The number of halogens is 1. The van der Waals surface area contributed by atoms with Crippen LogP contribution in [-0.4, -0.2) is 63.5 Å². The van der Waals surface area contributed by atoms with Crippen molar-refractivity contribution < 1.29 is 142 Å². The van der Waals surface area contributed by atoms with Crippen LogP contribution < -0.4 is 0 Å². The van der Waals surface area contributed by atoms with Gasteiger partial charge in [-0.2, -0.15) is 0 Å². The van der Waals surface area contributed by atoms with E-state index in [1.165, 1.54) is 131 Å². The predicted molar refractivity (Wildman–Crippen MR) is 486 cm³/mol. The fraction of sp³-hybridized carbons (Fsp3) is 0.162. The van der Waals surface area contributed by atoms with Gasteiger partial charge in [-0.25, -0.2) is 4.39 Å². The topological polar surface area (TPSA) is 253 Å². The molecule has 0 aliphatic rings. The number of furan rings is 4. The number of ketones is 4. The first-order valence-electron chi connectivity index (χ1n) is 39.1. The summed E-state index contributed by atoms with van der Waals surface area (Å²) in [7, 11) is 0. The van der Waals surface area contributed by atoms with E-state index < -0.39 is 0 Å². The molecule has 16 aromatic rings. The first-order valence-corrected chi connectivity index (χ1v) is 39.1. The molecule has 16 rings (SSSR count). The van der Waals surface area contributed by atoms with Crippen LogP contribution in [0.1, 0.15) is 105 Å². The Bertz CT molecular complexity index is 6290. The van der Waals surface area contributed by atoms with Gasteiger partial charge < -0.3 is 58.0 Å². The van der Waals surface area contributed by atoms with Gasteiger partial charge in [0.2, 0.25) is 0 Å². The van der Waals surface area contributed by atoms with E-state index in [9.17, 15) is 23.6 Å². The van der Waals surface area contributed by atoms with Gasteiger partial charge in [0.1, 0.15) is 51.2 Å². The molecule has 8 aromatic carbocycles. The fourth-order valence-corrected chi connectivity index (χ4v) is 12.8. The number of aliphatic hydroxyl groups is 4. The summed E-state index contributed by atoms with van der Waals surface area (Å²) < 4.78 is 37.2. The summed E-state index contributed by atoms with van der Waals surface area (Å²) in [5, 5.41) is 37.4. The van der Waals surface area contributed by atoms with E-state index in [0.717, 1.165) is 140 Å². The van der Waals surface area contributed by atoms with Gasteiger partial charge in [0, 0.05) is 173 Å². The molecule has 0 aliphatic heterocycles. The molecule has 0 saturated carbocycles. The number of fused-ring (bicyclic) bond motifs is 4. The monoisotopic (exact) mass is 2400 g/mol. The summed E-state index contributed by atoms with van der Waals surface area (Å²) in [5.41, 5.74) is 25.5. The van der Waals surface area contributed by atoms with Crippen LogP contribution >= 0.6 is 0 Å². The number of benzene rings is 8.